The Hall–Kier alpha value is -1.98. The van der Waals surface area contributed by atoms with Gasteiger partial charge in [0.05, 0.1) is 10.2 Å². The maximum atomic E-state index is 12.3. The van der Waals surface area contributed by atoms with E-state index in [1.807, 2.05) is 47.0 Å². The van der Waals surface area contributed by atoms with Gasteiger partial charge in [0.2, 0.25) is 0 Å². The van der Waals surface area contributed by atoms with Crippen molar-refractivity contribution in [2.24, 2.45) is 4.99 Å². The Morgan fingerprint density at radius 1 is 1.23 bits per heavy atom. The maximum Gasteiger partial charge on any atom is 0.279 e. The molecular weight excluding hydrogens is 360 g/mol. The zero-order valence-electron chi connectivity index (χ0n) is 11.7. The lowest BCUT2D eigenvalue weighted by Gasteiger charge is -2.00. The van der Waals surface area contributed by atoms with E-state index in [1.165, 1.54) is 11.3 Å². The molecule has 3 nitrogen and oxygen atoms in total. The van der Waals surface area contributed by atoms with Crippen LogP contribution in [0.5, 0.6) is 0 Å². The minimum Gasteiger partial charge on any atom is -0.312 e. The normalized spacial score (nSPS) is 11.8. The molecule has 1 amide bonds. The molecule has 0 saturated heterocycles. The molecule has 110 valence electrons. The number of nitrogens with zero attached hydrogens (tertiary/aromatic N) is 2. The second-order valence-corrected chi connectivity index (χ2v) is 6.60. The number of carbonyl (C=O) groups is 1. The highest BCUT2D eigenvalue weighted by Crippen LogP contribution is 2.17. The first-order chi connectivity index (χ1) is 10.7. The Labute approximate surface area is 140 Å². The summed E-state index contributed by atoms with van der Waals surface area (Å²) in [5, 5.41) is 0. The van der Waals surface area contributed by atoms with Crippen LogP contribution in [0.3, 0.4) is 0 Å². The molecule has 5 heteroatoms. The summed E-state index contributed by atoms with van der Waals surface area (Å²) in [6, 6.07) is 15.2. The second kappa shape index (κ2) is 6.42. The van der Waals surface area contributed by atoms with Crippen LogP contribution in [0.4, 0.5) is 0 Å². The maximum absolute atomic E-state index is 12.3. The summed E-state index contributed by atoms with van der Waals surface area (Å²) in [6.45, 7) is 4.40. The van der Waals surface area contributed by atoms with Crippen molar-refractivity contribution >= 4 is 43.4 Å². The molecule has 0 spiro atoms. The van der Waals surface area contributed by atoms with Crippen molar-refractivity contribution in [2.75, 3.05) is 0 Å². The van der Waals surface area contributed by atoms with Crippen LogP contribution in [-0.2, 0) is 6.54 Å². The molecule has 2 aromatic carbocycles. The van der Waals surface area contributed by atoms with E-state index in [2.05, 4.69) is 27.5 Å². The van der Waals surface area contributed by atoms with Gasteiger partial charge in [-0.25, -0.2) is 0 Å². The number of aromatic nitrogens is 1. The standard InChI is InChI=1S/C17H13BrN2OS/c1-2-11-20-14-5-3-4-6-15(14)22-17(20)19-16(21)12-7-9-13(18)10-8-12/h2-10H,1,11H2. The minimum atomic E-state index is -0.239. The number of para-hydroxylation sites is 1. The monoisotopic (exact) mass is 372 g/mol. The van der Waals surface area contributed by atoms with Crippen molar-refractivity contribution in [1.82, 2.24) is 4.57 Å². The van der Waals surface area contributed by atoms with Gasteiger partial charge in [0.15, 0.2) is 4.80 Å². The van der Waals surface area contributed by atoms with E-state index in [9.17, 15) is 4.79 Å². The Morgan fingerprint density at radius 3 is 2.68 bits per heavy atom. The van der Waals surface area contributed by atoms with Crippen LogP contribution < -0.4 is 4.80 Å². The number of halogens is 1. The van der Waals surface area contributed by atoms with Gasteiger partial charge in [0.1, 0.15) is 0 Å². The van der Waals surface area contributed by atoms with Crippen molar-refractivity contribution in [3.63, 3.8) is 0 Å². The first-order valence-electron chi connectivity index (χ1n) is 6.73. The molecule has 0 atom stereocenters. The van der Waals surface area contributed by atoms with Crippen LogP contribution in [-0.4, -0.2) is 10.5 Å². The predicted octanol–water partition coefficient (Wildman–Crippen LogP) is 4.39. The number of amides is 1. The van der Waals surface area contributed by atoms with Crippen LogP contribution in [0.1, 0.15) is 10.4 Å². The van der Waals surface area contributed by atoms with Crippen molar-refractivity contribution in [2.45, 2.75) is 6.54 Å². The third kappa shape index (κ3) is 2.96. The van der Waals surface area contributed by atoms with E-state index in [0.29, 0.717) is 16.9 Å². The second-order valence-electron chi connectivity index (χ2n) is 4.68. The number of benzene rings is 2. The molecule has 0 fully saturated rings. The number of hydrogen-bond donors (Lipinski definition) is 0. The van der Waals surface area contributed by atoms with E-state index < -0.39 is 0 Å². The molecule has 22 heavy (non-hydrogen) atoms. The van der Waals surface area contributed by atoms with Crippen LogP contribution in [0.15, 0.2) is 70.7 Å². The van der Waals surface area contributed by atoms with Crippen molar-refractivity contribution in [3.05, 3.63) is 76.0 Å². The average molecular weight is 373 g/mol. The summed E-state index contributed by atoms with van der Waals surface area (Å²) >= 11 is 4.87. The van der Waals surface area contributed by atoms with Gasteiger partial charge in [-0.15, -0.1) is 6.58 Å². The summed E-state index contributed by atoms with van der Waals surface area (Å²) in [5.74, 6) is -0.239. The molecule has 0 aliphatic heterocycles. The summed E-state index contributed by atoms with van der Waals surface area (Å²) < 4.78 is 4.04. The SMILES string of the molecule is C=CCn1c(=NC(=O)c2ccc(Br)cc2)sc2ccccc21. The Kier molecular flexibility index (Phi) is 4.36. The Bertz CT molecular complexity index is 906. The molecule has 3 rings (SSSR count). The van der Waals surface area contributed by atoms with Gasteiger partial charge in [-0.1, -0.05) is 45.5 Å². The lowest BCUT2D eigenvalue weighted by Crippen LogP contribution is -2.16. The first-order valence-corrected chi connectivity index (χ1v) is 8.34. The average Bonchev–Trinajstić information content (AvgIpc) is 2.86. The largest absolute Gasteiger partial charge is 0.312 e. The lowest BCUT2D eigenvalue weighted by atomic mass is 10.2. The highest BCUT2D eigenvalue weighted by Gasteiger charge is 2.08. The van der Waals surface area contributed by atoms with E-state index in [-0.39, 0.29) is 5.91 Å². The molecule has 0 aliphatic rings. The number of carbonyl (C=O) groups excluding carboxylic acids is 1. The van der Waals surface area contributed by atoms with Crippen molar-refractivity contribution < 1.29 is 4.79 Å². The highest BCUT2D eigenvalue weighted by molar-refractivity contribution is 9.10. The number of thiazole rings is 1. The zero-order chi connectivity index (χ0) is 15.5. The van der Waals surface area contributed by atoms with Gasteiger partial charge in [-0.05, 0) is 36.4 Å². The molecular formula is C17H13BrN2OS. The van der Waals surface area contributed by atoms with E-state index in [4.69, 9.17) is 0 Å². The van der Waals surface area contributed by atoms with Crippen LogP contribution in [0, 0.1) is 0 Å². The third-order valence-electron chi connectivity index (χ3n) is 3.19. The van der Waals surface area contributed by atoms with Crippen LogP contribution in [0.2, 0.25) is 0 Å². The smallest absolute Gasteiger partial charge is 0.279 e. The first kappa shape index (κ1) is 14.9. The van der Waals surface area contributed by atoms with Gasteiger partial charge in [-0.3, -0.25) is 4.79 Å². The van der Waals surface area contributed by atoms with Crippen LogP contribution >= 0.6 is 27.3 Å². The number of rotatable bonds is 3. The van der Waals surface area contributed by atoms with Crippen molar-refractivity contribution in [1.29, 1.82) is 0 Å². The summed E-state index contributed by atoms with van der Waals surface area (Å²) in [5.41, 5.74) is 1.64. The van der Waals surface area contributed by atoms with E-state index >= 15 is 0 Å². The van der Waals surface area contributed by atoms with E-state index in [0.717, 1.165) is 14.7 Å². The van der Waals surface area contributed by atoms with Crippen LogP contribution in [0.25, 0.3) is 10.2 Å². The fraction of sp³-hybridized carbons (Fsp3) is 0.0588. The topological polar surface area (TPSA) is 34.4 Å². The Balaban J connectivity index is 2.11. The number of fused-ring (bicyclic) bond motifs is 1. The highest BCUT2D eigenvalue weighted by atomic mass is 79.9. The molecule has 0 unspecified atom stereocenters. The van der Waals surface area contributed by atoms with Gasteiger partial charge in [0, 0.05) is 16.6 Å². The summed E-state index contributed by atoms with van der Waals surface area (Å²) in [6.07, 6.45) is 1.81. The van der Waals surface area contributed by atoms with Gasteiger partial charge in [-0.2, -0.15) is 4.99 Å². The fourth-order valence-corrected chi connectivity index (χ4v) is 3.46. The number of hydrogen-bond acceptors (Lipinski definition) is 2. The molecule has 0 radical (unpaired) electrons. The van der Waals surface area contributed by atoms with Crippen molar-refractivity contribution in [3.8, 4) is 0 Å². The Morgan fingerprint density at radius 2 is 1.95 bits per heavy atom. The predicted molar refractivity (Wildman–Crippen MR) is 94.0 cm³/mol. The molecule has 1 aromatic heterocycles. The molecule has 0 saturated carbocycles. The summed E-state index contributed by atoms with van der Waals surface area (Å²) in [7, 11) is 0. The molecule has 0 bridgehead atoms. The molecule has 0 aliphatic carbocycles. The van der Waals surface area contributed by atoms with Gasteiger partial charge >= 0.3 is 0 Å². The summed E-state index contributed by atoms with van der Waals surface area (Å²) in [4.78, 5) is 17.3. The van der Waals surface area contributed by atoms with E-state index in [1.54, 1.807) is 12.1 Å². The fourth-order valence-electron chi connectivity index (χ4n) is 2.16. The minimum absolute atomic E-state index is 0.239. The zero-order valence-corrected chi connectivity index (χ0v) is 14.1. The molecule has 0 N–H and O–H groups in total. The quantitative estimate of drug-likeness (QED) is 0.627. The van der Waals surface area contributed by atoms with Gasteiger partial charge in [0.25, 0.3) is 5.91 Å². The third-order valence-corrected chi connectivity index (χ3v) is 4.78. The number of allylic oxidation sites excluding steroid dienone is 1. The lowest BCUT2D eigenvalue weighted by molar-refractivity contribution is 0.0998. The molecule has 1 heterocycles. The van der Waals surface area contributed by atoms with Gasteiger partial charge < -0.3 is 4.57 Å². The molecule has 3 aromatic rings.